The summed E-state index contributed by atoms with van der Waals surface area (Å²) in [7, 11) is -2.77. The lowest BCUT2D eigenvalue weighted by atomic mass is 10.0. The van der Waals surface area contributed by atoms with Gasteiger partial charge in [-0.25, -0.2) is 13.2 Å². The maximum Gasteiger partial charge on any atom is 0.328 e. The predicted molar refractivity (Wildman–Crippen MR) is 164 cm³/mol. The third-order valence-electron chi connectivity index (χ3n) is 7.28. The predicted octanol–water partition coefficient (Wildman–Crippen LogP) is 4.38. The van der Waals surface area contributed by atoms with Gasteiger partial charge in [-0.1, -0.05) is 72.8 Å². The van der Waals surface area contributed by atoms with Crippen molar-refractivity contribution in [3.63, 3.8) is 0 Å². The van der Waals surface area contributed by atoms with Gasteiger partial charge in [-0.15, -0.1) is 0 Å². The second kappa shape index (κ2) is 13.0. The second-order valence-electron chi connectivity index (χ2n) is 10.2. The third-order valence-corrected chi connectivity index (χ3v) is 9.52. The number of rotatable bonds is 10. The lowest BCUT2D eigenvalue weighted by Gasteiger charge is -2.25. The van der Waals surface area contributed by atoms with Crippen molar-refractivity contribution in [1.82, 2.24) is 9.62 Å². The fraction of sp³-hybridized carbons (Fsp3) is 0.250. The first-order chi connectivity index (χ1) is 20.2. The number of sulfonamides is 1. The maximum absolute atomic E-state index is 13.7. The molecule has 10 heteroatoms. The van der Waals surface area contributed by atoms with E-state index in [-0.39, 0.29) is 29.5 Å². The number of hydrogen-bond donors (Lipinski definition) is 2. The van der Waals surface area contributed by atoms with Crippen molar-refractivity contribution in [2.45, 2.75) is 41.7 Å². The molecule has 5 rings (SSSR count). The quantitative estimate of drug-likeness (QED) is 0.206. The first-order valence-corrected chi connectivity index (χ1v) is 15.5. The molecule has 1 amide bonds. The minimum absolute atomic E-state index is 0.0731. The molecule has 1 fully saturated rings. The molecule has 4 aromatic carbocycles. The van der Waals surface area contributed by atoms with E-state index in [1.165, 1.54) is 11.4 Å². The molecule has 218 valence electrons. The Hall–Kier alpha value is -3.86. The number of fused-ring (bicyclic) bond motifs is 1. The number of methoxy groups -OCH3 is 1. The molecular weight excluding hydrogens is 572 g/mol. The third kappa shape index (κ3) is 6.78. The molecule has 0 aliphatic carbocycles. The summed E-state index contributed by atoms with van der Waals surface area (Å²) in [5.74, 6) is -0.534. The van der Waals surface area contributed by atoms with Gasteiger partial charge in [-0.3, -0.25) is 4.79 Å². The zero-order valence-electron chi connectivity index (χ0n) is 23.1. The summed E-state index contributed by atoms with van der Waals surface area (Å²) in [6.45, 7) is 0.497. The van der Waals surface area contributed by atoms with Crippen LogP contribution in [0.1, 0.15) is 17.5 Å². The highest BCUT2D eigenvalue weighted by molar-refractivity contribution is 7.89. The number of esters is 1. The second-order valence-corrected chi connectivity index (χ2v) is 12.8. The van der Waals surface area contributed by atoms with Gasteiger partial charge in [0.1, 0.15) is 24.4 Å². The van der Waals surface area contributed by atoms with Crippen LogP contribution in [0.25, 0.3) is 10.8 Å². The van der Waals surface area contributed by atoms with Crippen LogP contribution in [0.5, 0.6) is 5.75 Å². The number of carbonyl (C=O) groups excluding carboxylic acids is 2. The van der Waals surface area contributed by atoms with E-state index in [0.29, 0.717) is 12.4 Å². The van der Waals surface area contributed by atoms with Crippen LogP contribution in [0.2, 0.25) is 0 Å². The molecule has 0 saturated carbocycles. The normalized spacial score (nSPS) is 18.0. The fourth-order valence-electron chi connectivity index (χ4n) is 5.05. The average Bonchev–Trinajstić information content (AvgIpc) is 3.43. The van der Waals surface area contributed by atoms with Gasteiger partial charge < -0.3 is 14.8 Å². The van der Waals surface area contributed by atoms with Gasteiger partial charge in [0.25, 0.3) is 0 Å². The molecule has 1 heterocycles. The van der Waals surface area contributed by atoms with Crippen molar-refractivity contribution < 1.29 is 27.5 Å². The number of amides is 1. The molecule has 1 aliphatic rings. The van der Waals surface area contributed by atoms with E-state index >= 15 is 0 Å². The smallest absolute Gasteiger partial charge is 0.328 e. The summed E-state index contributed by atoms with van der Waals surface area (Å²) in [5.41, 5.74) is 1.82. The molecule has 0 radical (unpaired) electrons. The number of carbonyl (C=O) groups is 2. The van der Waals surface area contributed by atoms with Gasteiger partial charge in [0.05, 0.1) is 12.0 Å². The van der Waals surface area contributed by atoms with Crippen molar-refractivity contribution in [1.29, 1.82) is 0 Å². The molecule has 1 aliphatic heterocycles. The van der Waals surface area contributed by atoms with E-state index in [0.717, 1.165) is 21.9 Å². The number of nitrogens with one attached hydrogen (secondary N) is 1. The summed E-state index contributed by atoms with van der Waals surface area (Å²) in [4.78, 5) is 26.3. The van der Waals surface area contributed by atoms with Gasteiger partial charge in [0.2, 0.25) is 15.9 Å². The van der Waals surface area contributed by atoms with Gasteiger partial charge in [-0.05, 0) is 52.6 Å². The minimum atomic E-state index is -4.01. The molecule has 8 nitrogen and oxygen atoms in total. The van der Waals surface area contributed by atoms with Crippen LogP contribution < -0.4 is 10.1 Å². The first-order valence-electron chi connectivity index (χ1n) is 13.6. The lowest BCUT2D eigenvalue weighted by molar-refractivity contribution is -0.145. The number of nitrogens with zero attached hydrogens (tertiary/aromatic N) is 1. The Balaban J connectivity index is 1.29. The van der Waals surface area contributed by atoms with E-state index in [9.17, 15) is 18.0 Å². The largest absolute Gasteiger partial charge is 0.489 e. The molecular formula is C32H32N2O6S2. The Morgan fingerprint density at radius 3 is 2.33 bits per heavy atom. The Morgan fingerprint density at radius 1 is 0.929 bits per heavy atom. The lowest BCUT2D eigenvalue weighted by Crippen LogP contribution is -2.51. The highest BCUT2D eigenvalue weighted by Crippen LogP contribution is 2.30. The van der Waals surface area contributed by atoms with E-state index in [1.54, 1.807) is 30.3 Å². The van der Waals surface area contributed by atoms with Crippen molar-refractivity contribution >= 4 is 45.3 Å². The van der Waals surface area contributed by atoms with Gasteiger partial charge in [-0.2, -0.15) is 16.9 Å². The zero-order valence-corrected chi connectivity index (χ0v) is 24.8. The van der Waals surface area contributed by atoms with E-state index in [4.69, 9.17) is 9.47 Å². The maximum atomic E-state index is 13.7. The van der Waals surface area contributed by atoms with Crippen LogP contribution in [0.4, 0.5) is 0 Å². The number of hydrogen-bond acceptors (Lipinski definition) is 7. The molecule has 1 N–H and O–H groups in total. The summed E-state index contributed by atoms with van der Waals surface area (Å²) in [6.07, 6.45) is 0.370. The van der Waals surface area contributed by atoms with Gasteiger partial charge in [0, 0.05) is 18.2 Å². The molecule has 3 atom stereocenters. The summed E-state index contributed by atoms with van der Waals surface area (Å²) >= 11 is 4.50. The summed E-state index contributed by atoms with van der Waals surface area (Å²) in [6, 6.07) is 27.4. The van der Waals surface area contributed by atoms with E-state index < -0.39 is 34.0 Å². The van der Waals surface area contributed by atoms with Crippen LogP contribution in [0, 0.1) is 0 Å². The van der Waals surface area contributed by atoms with Crippen molar-refractivity contribution in [2.75, 3.05) is 13.7 Å². The summed E-state index contributed by atoms with van der Waals surface area (Å²) < 4.78 is 39.4. The Bertz CT molecular complexity index is 1660. The van der Waals surface area contributed by atoms with E-state index in [1.807, 2.05) is 66.7 Å². The van der Waals surface area contributed by atoms with Crippen LogP contribution >= 0.6 is 12.6 Å². The van der Waals surface area contributed by atoms with Crippen molar-refractivity contribution in [3.05, 3.63) is 108 Å². The molecule has 4 aromatic rings. The number of thiol groups is 1. The fourth-order valence-corrected chi connectivity index (χ4v) is 7.22. The zero-order chi connectivity index (χ0) is 29.7. The average molecular weight is 605 g/mol. The monoisotopic (exact) mass is 604 g/mol. The topological polar surface area (TPSA) is 102 Å². The highest BCUT2D eigenvalue weighted by Gasteiger charge is 2.43. The van der Waals surface area contributed by atoms with Gasteiger partial charge in [0.15, 0.2) is 0 Å². The van der Waals surface area contributed by atoms with E-state index in [2.05, 4.69) is 17.9 Å². The minimum Gasteiger partial charge on any atom is -0.489 e. The molecule has 0 aromatic heterocycles. The van der Waals surface area contributed by atoms with Crippen molar-refractivity contribution in [3.8, 4) is 5.75 Å². The molecule has 42 heavy (non-hydrogen) atoms. The van der Waals surface area contributed by atoms with Crippen molar-refractivity contribution in [2.24, 2.45) is 0 Å². The Morgan fingerprint density at radius 2 is 1.62 bits per heavy atom. The molecule has 0 spiro atoms. The van der Waals surface area contributed by atoms with Crippen LogP contribution in [0.3, 0.4) is 0 Å². The Kier molecular flexibility index (Phi) is 9.15. The summed E-state index contributed by atoms with van der Waals surface area (Å²) in [5, 5.41) is 4.10. The van der Waals surface area contributed by atoms with Crippen LogP contribution in [0.15, 0.2) is 102 Å². The highest BCUT2D eigenvalue weighted by atomic mass is 32.2. The first kappa shape index (κ1) is 29.6. The molecule has 0 bridgehead atoms. The molecule has 0 unspecified atom stereocenters. The number of ether oxygens (including phenoxy) is 2. The van der Waals surface area contributed by atoms with Gasteiger partial charge >= 0.3 is 5.97 Å². The van der Waals surface area contributed by atoms with Crippen LogP contribution in [-0.2, 0) is 37.4 Å². The standard InChI is InChI=1S/C32H32N2O6S2/c1-39-32(36)29(17-22-11-14-26(15-12-22)40-21-23-7-3-2-4-8-23)33-31(35)30-19-27(41)20-34(30)42(37,38)28-16-13-24-9-5-6-10-25(24)18-28/h2-16,18,27,29-30,41H,17,19-21H2,1H3,(H,33,35)/t27-,29-,30-/m0/s1. The Labute approximate surface area is 251 Å². The molecule has 1 saturated heterocycles. The van der Waals surface area contributed by atoms with Crippen LogP contribution in [-0.4, -0.2) is 55.6 Å². The SMILES string of the molecule is COC(=O)[C@H](Cc1ccc(OCc2ccccc2)cc1)NC(=O)[C@@H]1C[C@H](S)CN1S(=O)(=O)c1ccc2ccccc2c1. The number of benzene rings is 4.